The number of benzene rings is 2. The average molecular weight is 348 g/mol. The third-order valence-corrected chi connectivity index (χ3v) is 5.23. The predicted molar refractivity (Wildman–Crippen MR) is 105 cm³/mol. The minimum Gasteiger partial charge on any atom is -0.378 e. The van der Waals surface area contributed by atoms with Crippen molar-refractivity contribution in [2.75, 3.05) is 67.2 Å². The minimum atomic E-state index is 0.716. The molecule has 0 aliphatic carbocycles. The fourth-order valence-electron chi connectivity index (χ4n) is 3.67. The first kappa shape index (κ1) is 16.7. The molecule has 0 bridgehead atoms. The summed E-state index contributed by atoms with van der Waals surface area (Å²) in [6, 6.07) is 19.0. The van der Waals surface area contributed by atoms with Gasteiger partial charge in [0, 0.05) is 56.3 Å². The molecule has 2 aromatic rings. The van der Waals surface area contributed by atoms with Crippen molar-refractivity contribution in [2.24, 2.45) is 0 Å². The Morgan fingerprint density at radius 1 is 0.615 bits per heavy atom. The van der Waals surface area contributed by atoms with Crippen LogP contribution in [0.15, 0.2) is 48.5 Å². The van der Waals surface area contributed by atoms with Gasteiger partial charge in [-0.15, -0.1) is 0 Å². The first-order valence-corrected chi connectivity index (χ1v) is 9.26. The summed E-state index contributed by atoms with van der Waals surface area (Å²) in [5.74, 6) is 0. The first-order valence-electron chi connectivity index (χ1n) is 9.26. The van der Waals surface area contributed by atoms with E-state index in [0.717, 1.165) is 52.5 Å². The molecule has 5 nitrogen and oxygen atoms in total. The second-order valence-electron chi connectivity index (χ2n) is 6.75. The Bertz CT molecular complexity index is 752. The summed E-state index contributed by atoms with van der Waals surface area (Å²) in [5.41, 5.74) is 4.49. The van der Waals surface area contributed by atoms with E-state index in [4.69, 9.17) is 10.00 Å². The van der Waals surface area contributed by atoms with Gasteiger partial charge in [-0.05, 0) is 48.5 Å². The Balaban J connectivity index is 1.36. The highest BCUT2D eigenvalue weighted by Gasteiger charge is 2.18. The van der Waals surface area contributed by atoms with Gasteiger partial charge >= 0.3 is 0 Å². The zero-order valence-electron chi connectivity index (χ0n) is 15.0. The molecule has 2 saturated heterocycles. The topological polar surface area (TPSA) is 42.7 Å². The van der Waals surface area contributed by atoms with Crippen LogP contribution in [0.3, 0.4) is 0 Å². The predicted octanol–water partition coefficient (Wildman–Crippen LogP) is 2.72. The van der Waals surface area contributed by atoms with E-state index in [1.807, 2.05) is 24.3 Å². The van der Waals surface area contributed by atoms with Gasteiger partial charge < -0.3 is 19.4 Å². The molecule has 2 aromatic carbocycles. The largest absolute Gasteiger partial charge is 0.378 e. The molecule has 0 spiro atoms. The second-order valence-corrected chi connectivity index (χ2v) is 6.75. The van der Waals surface area contributed by atoms with Crippen molar-refractivity contribution in [1.82, 2.24) is 0 Å². The lowest BCUT2D eigenvalue weighted by Gasteiger charge is -2.37. The Morgan fingerprint density at radius 3 is 1.42 bits per heavy atom. The number of anilines is 3. The van der Waals surface area contributed by atoms with Crippen LogP contribution in [0.4, 0.5) is 17.1 Å². The van der Waals surface area contributed by atoms with Gasteiger partial charge in [0.1, 0.15) is 0 Å². The van der Waals surface area contributed by atoms with Crippen molar-refractivity contribution in [3.63, 3.8) is 0 Å². The number of piperazine rings is 1. The van der Waals surface area contributed by atoms with E-state index in [9.17, 15) is 0 Å². The fourth-order valence-corrected chi connectivity index (χ4v) is 3.67. The average Bonchev–Trinajstić information content (AvgIpc) is 2.75. The number of nitriles is 1. The molecule has 0 saturated carbocycles. The lowest BCUT2D eigenvalue weighted by atomic mass is 10.1. The van der Waals surface area contributed by atoms with Crippen molar-refractivity contribution in [1.29, 1.82) is 5.26 Å². The maximum Gasteiger partial charge on any atom is 0.0991 e. The van der Waals surface area contributed by atoms with Gasteiger partial charge in [-0.2, -0.15) is 5.26 Å². The van der Waals surface area contributed by atoms with Crippen LogP contribution < -0.4 is 14.7 Å². The van der Waals surface area contributed by atoms with Crippen LogP contribution in [0.5, 0.6) is 0 Å². The van der Waals surface area contributed by atoms with E-state index >= 15 is 0 Å². The van der Waals surface area contributed by atoms with Gasteiger partial charge in [0.05, 0.1) is 24.8 Å². The molecule has 4 rings (SSSR count). The molecule has 26 heavy (non-hydrogen) atoms. The molecule has 5 heteroatoms. The van der Waals surface area contributed by atoms with Crippen LogP contribution in [0.25, 0.3) is 0 Å². The smallest absolute Gasteiger partial charge is 0.0991 e. The van der Waals surface area contributed by atoms with Gasteiger partial charge in [0.2, 0.25) is 0 Å². The summed E-state index contributed by atoms with van der Waals surface area (Å²) in [4.78, 5) is 7.22. The number of nitrogens with zero attached hydrogens (tertiary/aromatic N) is 4. The van der Waals surface area contributed by atoms with E-state index in [0.29, 0.717) is 5.56 Å². The normalized spacial score (nSPS) is 17.9. The molecule has 0 radical (unpaired) electrons. The van der Waals surface area contributed by atoms with E-state index in [2.05, 4.69) is 45.0 Å². The molecular weight excluding hydrogens is 324 g/mol. The summed E-state index contributed by atoms with van der Waals surface area (Å²) in [5, 5.41) is 8.92. The van der Waals surface area contributed by atoms with E-state index in [-0.39, 0.29) is 0 Å². The molecule has 134 valence electrons. The zero-order chi connectivity index (χ0) is 17.8. The minimum absolute atomic E-state index is 0.716. The lowest BCUT2D eigenvalue weighted by molar-refractivity contribution is 0.122. The number of rotatable bonds is 3. The fraction of sp³-hybridized carbons (Fsp3) is 0.381. The van der Waals surface area contributed by atoms with Crippen LogP contribution in [-0.2, 0) is 4.74 Å². The van der Waals surface area contributed by atoms with Gasteiger partial charge in [-0.1, -0.05) is 0 Å². The highest BCUT2D eigenvalue weighted by atomic mass is 16.5. The molecule has 2 aliphatic heterocycles. The maximum absolute atomic E-state index is 8.92. The molecule has 0 amide bonds. The molecule has 0 N–H and O–H groups in total. The summed E-state index contributed by atoms with van der Waals surface area (Å²) < 4.78 is 5.43. The Labute approximate surface area is 155 Å². The Morgan fingerprint density at radius 2 is 1.00 bits per heavy atom. The highest BCUT2D eigenvalue weighted by Crippen LogP contribution is 2.24. The Hall–Kier alpha value is -2.71. The SMILES string of the molecule is N#Cc1ccc(N2CCN(c3ccc(N4CCOCC4)cc3)CC2)cc1. The third kappa shape index (κ3) is 3.61. The standard InChI is InChI=1S/C21H24N4O/c22-17-18-1-3-19(4-2-18)23-9-11-24(12-10-23)20-5-7-21(8-6-20)25-13-15-26-16-14-25/h1-8H,9-16H2. The van der Waals surface area contributed by atoms with Crippen molar-refractivity contribution < 1.29 is 4.74 Å². The zero-order valence-corrected chi connectivity index (χ0v) is 15.0. The van der Waals surface area contributed by atoms with Crippen LogP contribution in [0.2, 0.25) is 0 Å². The molecule has 0 aromatic heterocycles. The summed E-state index contributed by atoms with van der Waals surface area (Å²) in [6.07, 6.45) is 0. The van der Waals surface area contributed by atoms with Crippen molar-refractivity contribution in [2.45, 2.75) is 0 Å². The summed E-state index contributed by atoms with van der Waals surface area (Å²) >= 11 is 0. The quantitative estimate of drug-likeness (QED) is 0.853. The maximum atomic E-state index is 8.92. The van der Waals surface area contributed by atoms with Gasteiger partial charge in [-0.25, -0.2) is 0 Å². The number of hydrogen-bond acceptors (Lipinski definition) is 5. The highest BCUT2D eigenvalue weighted by molar-refractivity contribution is 5.58. The number of hydrogen-bond donors (Lipinski definition) is 0. The van der Waals surface area contributed by atoms with Gasteiger partial charge in [-0.3, -0.25) is 0 Å². The summed E-state index contributed by atoms with van der Waals surface area (Å²) in [6.45, 7) is 7.60. The first-order chi connectivity index (χ1) is 12.8. The lowest BCUT2D eigenvalue weighted by Crippen LogP contribution is -2.46. The second kappa shape index (κ2) is 7.67. The van der Waals surface area contributed by atoms with E-state index < -0.39 is 0 Å². The van der Waals surface area contributed by atoms with Crippen LogP contribution >= 0.6 is 0 Å². The Kier molecular flexibility index (Phi) is 4.94. The van der Waals surface area contributed by atoms with Crippen molar-refractivity contribution in [3.8, 4) is 6.07 Å². The van der Waals surface area contributed by atoms with E-state index in [1.165, 1.54) is 17.1 Å². The monoisotopic (exact) mass is 348 g/mol. The molecular formula is C21H24N4O. The van der Waals surface area contributed by atoms with Crippen LogP contribution in [-0.4, -0.2) is 52.5 Å². The molecule has 2 fully saturated rings. The third-order valence-electron chi connectivity index (χ3n) is 5.23. The van der Waals surface area contributed by atoms with E-state index in [1.54, 1.807) is 0 Å². The van der Waals surface area contributed by atoms with Gasteiger partial charge in [0.25, 0.3) is 0 Å². The summed E-state index contributed by atoms with van der Waals surface area (Å²) in [7, 11) is 0. The molecule has 0 atom stereocenters. The molecule has 2 aliphatic rings. The molecule has 0 unspecified atom stereocenters. The van der Waals surface area contributed by atoms with Crippen LogP contribution in [0.1, 0.15) is 5.56 Å². The number of ether oxygens (including phenoxy) is 1. The van der Waals surface area contributed by atoms with Crippen molar-refractivity contribution in [3.05, 3.63) is 54.1 Å². The number of morpholine rings is 1. The molecule has 2 heterocycles. The van der Waals surface area contributed by atoms with Crippen LogP contribution in [0, 0.1) is 11.3 Å². The van der Waals surface area contributed by atoms with Gasteiger partial charge in [0.15, 0.2) is 0 Å². The van der Waals surface area contributed by atoms with Crippen molar-refractivity contribution >= 4 is 17.1 Å².